The molecular formula is C23H17N5OS2. The average Bonchev–Trinajstić information content (AvgIpc) is 3.56. The van der Waals surface area contributed by atoms with Crippen molar-refractivity contribution in [3.05, 3.63) is 94.8 Å². The standard InChI is InChI=1S/C23H17N5OS2/c29-23(24-18-10-8-17(9-11-18)20-15-31-27-25-20)19-14-28(13-16-5-2-1-3-6-16)26-22(19)21-7-4-12-30-21/h1-12,14-15H,13H2,(H,24,29). The molecule has 0 spiro atoms. The highest BCUT2D eigenvalue weighted by atomic mass is 32.1. The molecule has 1 N–H and O–H groups in total. The summed E-state index contributed by atoms with van der Waals surface area (Å²) in [7, 11) is 0. The summed E-state index contributed by atoms with van der Waals surface area (Å²) in [5.74, 6) is -0.189. The first kappa shape index (κ1) is 19.3. The molecule has 0 saturated heterocycles. The van der Waals surface area contributed by atoms with Gasteiger partial charge in [0.05, 0.1) is 17.0 Å². The first-order chi connectivity index (χ1) is 15.3. The molecule has 0 atom stereocenters. The van der Waals surface area contributed by atoms with Crippen LogP contribution in [0, 0.1) is 0 Å². The normalized spacial score (nSPS) is 10.8. The number of rotatable bonds is 6. The minimum absolute atomic E-state index is 0.189. The highest BCUT2D eigenvalue weighted by Crippen LogP contribution is 2.28. The van der Waals surface area contributed by atoms with Crippen LogP contribution in [0.1, 0.15) is 15.9 Å². The molecule has 0 radical (unpaired) electrons. The molecule has 0 fully saturated rings. The lowest BCUT2D eigenvalue weighted by Crippen LogP contribution is -2.12. The Hall–Kier alpha value is -3.62. The number of hydrogen-bond acceptors (Lipinski definition) is 6. The molecule has 6 nitrogen and oxygen atoms in total. The Morgan fingerprint density at radius 3 is 2.55 bits per heavy atom. The molecule has 0 aliphatic carbocycles. The van der Waals surface area contributed by atoms with Crippen molar-refractivity contribution in [3.63, 3.8) is 0 Å². The van der Waals surface area contributed by atoms with Crippen LogP contribution in [0.25, 0.3) is 21.8 Å². The van der Waals surface area contributed by atoms with Gasteiger partial charge in [-0.25, -0.2) is 0 Å². The summed E-state index contributed by atoms with van der Waals surface area (Å²) in [4.78, 5) is 14.1. The lowest BCUT2D eigenvalue weighted by Gasteiger charge is -2.05. The lowest BCUT2D eigenvalue weighted by atomic mass is 10.1. The van der Waals surface area contributed by atoms with Gasteiger partial charge >= 0.3 is 0 Å². The van der Waals surface area contributed by atoms with Gasteiger partial charge < -0.3 is 5.32 Å². The van der Waals surface area contributed by atoms with Gasteiger partial charge in [-0.15, -0.1) is 16.4 Å². The Bertz CT molecular complexity index is 1280. The van der Waals surface area contributed by atoms with E-state index in [1.54, 1.807) is 11.3 Å². The van der Waals surface area contributed by atoms with Gasteiger partial charge in [0, 0.05) is 22.8 Å². The fourth-order valence-electron chi connectivity index (χ4n) is 3.25. The Kier molecular flexibility index (Phi) is 5.39. The van der Waals surface area contributed by atoms with E-state index in [-0.39, 0.29) is 5.91 Å². The molecule has 0 unspecified atom stereocenters. The van der Waals surface area contributed by atoms with Crippen molar-refractivity contribution >= 4 is 34.5 Å². The summed E-state index contributed by atoms with van der Waals surface area (Å²) in [6, 6.07) is 21.6. The average molecular weight is 444 g/mol. The monoisotopic (exact) mass is 443 g/mol. The smallest absolute Gasteiger partial charge is 0.259 e. The zero-order valence-electron chi connectivity index (χ0n) is 16.3. The van der Waals surface area contributed by atoms with E-state index in [0.29, 0.717) is 23.5 Å². The molecule has 0 aliphatic heterocycles. The van der Waals surface area contributed by atoms with E-state index in [0.717, 1.165) is 21.7 Å². The summed E-state index contributed by atoms with van der Waals surface area (Å²) in [6.07, 6.45) is 1.81. The second kappa shape index (κ2) is 8.63. The van der Waals surface area contributed by atoms with Crippen LogP contribution in [-0.4, -0.2) is 25.3 Å². The zero-order valence-corrected chi connectivity index (χ0v) is 17.9. The third-order valence-electron chi connectivity index (χ3n) is 4.75. The summed E-state index contributed by atoms with van der Waals surface area (Å²) in [5, 5.41) is 15.6. The zero-order chi connectivity index (χ0) is 21.0. The van der Waals surface area contributed by atoms with Crippen molar-refractivity contribution in [2.75, 3.05) is 5.32 Å². The second-order valence-electron chi connectivity index (χ2n) is 6.87. The number of amides is 1. The van der Waals surface area contributed by atoms with Crippen LogP contribution in [0.5, 0.6) is 0 Å². The summed E-state index contributed by atoms with van der Waals surface area (Å²) < 4.78 is 5.71. The van der Waals surface area contributed by atoms with Gasteiger partial charge in [0.2, 0.25) is 0 Å². The van der Waals surface area contributed by atoms with Gasteiger partial charge in [-0.1, -0.05) is 53.0 Å². The van der Waals surface area contributed by atoms with Crippen LogP contribution < -0.4 is 5.32 Å². The largest absolute Gasteiger partial charge is 0.322 e. The van der Waals surface area contributed by atoms with Crippen molar-refractivity contribution in [2.45, 2.75) is 6.54 Å². The summed E-state index contributed by atoms with van der Waals surface area (Å²) in [6.45, 7) is 0.600. The van der Waals surface area contributed by atoms with Crippen LogP contribution >= 0.6 is 22.9 Å². The molecule has 5 aromatic rings. The van der Waals surface area contributed by atoms with E-state index < -0.39 is 0 Å². The predicted octanol–water partition coefficient (Wildman–Crippen LogP) is 5.43. The Morgan fingerprint density at radius 2 is 1.84 bits per heavy atom. The minimum Gasteiger partial charge on any atom is -0.322 e. The lowest BCUT2D eigenvalue weighted by molar-refractivity contribution is 0.102. The van der Waals surface area contributed by atoms with Crippen LogP contribution in [0.2, 0.25) is 0 Å². The number of carbonyl (C=O) groups excluding carboxylic acids is 1. The van der Waals surface area contributed by atoms with E-state index in [2.05, 4.69) is 14.9 Å². The number of hydrogen-bond donors (Lipinski definition) is 1. The predicted molar refractivity (Wildman–Crippen MR) is 124 cm³/mol. The maximum absolute atomic E-state index is 13.1. The quantitative estimate of drug-likeness (QED) is 0.380. The molecule has 3 aromatic heterocycles. The van der Waals surface area contributed by atoms with E-state index in [9.17, 15) is 4.79 Å². The maximum atomic E-state index is 13.1. The Labute approximate surface area is 187 Å². The minimum atomic E-state index is -0.189. The number of aromatic nitrogens is 4. The molecule has 152 valence electrons. The first-order valence-electron chi connectivity index (χ1n) is 9.60. The Balaban J connectivity index is 1.41. The van der Waals surface area contributed by atoms with Gasteiger partial charge in [0.1, 0.15) is 11.4 Å². The molecule has 2 aromatic carbocycles. The third kappa shape index (κ3) is 4.30. The highest BCUT2D eigenvalue weighted by molar-refractivity contribution is 7.13. The molecule has 3 heterocycles. The topological polar surface area (TPSA) is 72.7 Å². The van der Waals surface area contributed by atoms with E-state index >= 15 is 0 Å². The van der Waals surface area contributed by atoms with Gasteiger partial charge in [0.15, 0.2) is 0 Å². The molecule has 1 amide bonds. The summed E-state index contributed by atoms with van der Waals surface area (Å²) in [5.41, 5.74) is 4.86. The number of nitrogens with zero attached hydrogens (tertiary/aromatic N) is 4. The van der Waals surface area contributed by atoms with Gasteiger partial charge in [-0.05, 0) is 40.7 Å². The summed E-state index contributed by atoms with van der Waals surface area (Å²) >= 11 is 2.88. The maximum Gasteiger partial charge on any atom is 0.259 e. The van der Waals surface area contributed by atoms with Crippen LogP contribution in [0.3, 0.4) is 0 Å². The molecule has 0 saturated carbocycles. The van der Waals surface area contributed by atoms with Crippen molar-refractivity contribution in [1.82, 2.24) is 19.4 Å². The second-order valence-corrected chi connectivity index (χ2v) is 8.43. The van der Waals surface area contributed by atoms with Crippen LogP contribution in [0.15, 0.2) is 83.7 Å². The van der Waals surface area contributed by atoms with E-state index in [4.69, 9.17) is 5.10 Å². The first-order valence-corrected chi connectivity index (χ1v) is 11.3. The number of anilines is 1. The van der Waals surface area contributed by atoms with Crippen LogP contribution in [0.4, 0.5) is 5.69 Å². The fourth-order valence-corrected chi connectivity index (χ4v) is 4.44. The van der Waals surface area contributed by atoms with E-state index in [1.165, 1.54) is 11.5 Å². The van der Waals surface area contributed by atoms with Crippen molar-refractivity contribution in [1.29, 1.82) is 0 Å². The SMILES string of the molecule is O=C(Nc1ccc(-c2csnn2)cc1)c1cn(Cc2ccccc2)nc1-c1cccs1. The van der Waals surface area contributed by atoms with Gasteiger partial charge in [-0.2, -0.15) is 5.10 Å². The third-order valence-corrected chi connectivity index (χ3v) is 6.13. The van der Waals surface area contributed by atoms with Crippen molar-refractivity contribution < 1.29 is 4.79 Å². The highest BCUT2D eigenvalue weighted by Gasteiger charge is 2.19. The molecule has 0 bridgehead atoms. The molecular weight excluding hydrogens is 426 g/mol. The van der Waals surface area contributed by atoms with Crippen molar-refractivity contribution in [3.8, 4) is 21.8 Å². The van der Waals surface area contributed by atoms with E-state index in [1.807, 2.05) is 88.4 Å². The number of benzene rings is 2. The van der Waals surface area contributed by atoms with Crippen LogP contribution in [-0.2, 0) is 6.54 Å². The van der Waals surface area contributed by atoms with Crippen molar-refractivity contribution in [2.24, 2.45) is 0 Å². The fraction of sp³-hybridized carbons (Fsp3) is 0.0435. The Morgan fingerprint density at radius 1 is 1.00 bits per heavy atom. The molecule has 0 aliphatic rings. The number of carbonyl (C=O) groups is 1. The molecule has 8 heteroatoms. The van der Waals surface area contributed by atoms with Gasteiger partial charge in [0.25, 0.3) is 5.91 Å². The molecule has 31 heavy (non-hydrogen) atoms. The molecule has 5 rings (SSSR count). The number of nitrogens with one attached hydrogen (secondary N) is 1. The number of thiophene rings is 1. The van der Waals surface area contributed by atoms with Gasteiger partial charge in [-0.3, -0.25) is 9.48 Å².